The first-order chi connectivity index (χ1) is 16.3. The fourth-order valence-corrected chi connectivity index (χ4v) is 5.10. The first kappa shape index (κ1) is 24.0. The number of carbonyl (C=O) groups is 1. The van der Waals surface area contributed by atoms with Crippen molar-refractivity contribution in [1.29, 1.82) is 0 Å². The second-order valence-electron chi connectivity index (χ2n) is 8.05. The highest BCUT2D eigenvalue weighted by molar-refractivity contribution is 7.99. The summed E-state index contributed by atoms with van der Waals surface area (Å²) in [5.74, 6) is 0.921. The van der Waals surface area contributed by atoms with Gasteiger partial charge in [-0.15, -0.1) is 10.2 Å². The van der Waals surface area contributed by atoms with Gasteiger partial charge in [-0.05, 0) is 93.9 Å². The molecule has 0 aliphatic rings. The van der Waals surface area contributed by atoms with E-state index in [0.29, 0.717) is 10.3 Å². The number of thioether (sulfide) groups is 1. The van der Waals surface area contributed by atoms with Crippen LogP contribution in [0.25, 0.3) is 5.69 Å². The van der Waals surface area contributed by atoms with Crippen molar-refractivity contribution in [3.8, 4) is 5.69 Å². The van der Waals surface area contributed by atoms with Gasteiger partial charge in [0.15, 0.2) is 10.3 Å². The summed E-state index contributed by atoms with van der Waals surface area (Å²) >= 11 is 2.87. The second-order valence-corrected chi connectivity index (χ2v) is 10.0. The molecule has 0 aliphatic carbocycles. The normalized spacial score (nSPS) is 11.0. The topological polar surface area (TPSA) is 85.6 Å². The van der Waals surface area contributed by atoms with Gasteiger partial charge in [0.2, 0.25) is 5.91 Å². The summed E-state index contributed by atoms with van der Waals surface area (Å²) in [6.45, 7) is 9.95. The lowest BCUT2D eigenvalue weighted by Crippen LogP contribution is -2.14. The van der Waals surface area contributed by atoms with Crippen LogP contribution in [0.2, 0.25) is 0 Å². The molecular formula is C25H26N6OS2. The quantitative estimate of drug-likeness (QED) is 0.271. The summed E-state index contributed by atoms with van der Waals surface area (Å²) < 4.78 is 2.00. The molecule has 4 rings (SSSR count). The highest BCUT2D eigenvalue weighted by Crippen LogP contribution is 2.27. The molecule has 7 nitrogen and oxygen atoms in total. The van der Waals surface area contributed by atoms with Crippen LogP contribution in [0.1, 0.15) is 28.3 Å². The van der Waals surface area contributed by atoms with Crippen molar-refractivity contribution in [1.82, 2.24) is 24.7 Å². The van der Waals surface area contributed by atoms with Crippen LogP contribution < -0.4 is 5.32 Å². The van der Waals surface area contributed by atoms with Crippen molar-refractivity contribution in [2.45, 2.75) is 49.8 Å². The number of benzene rings is 2. The molecule has 0 saturated carbocycles. The maximum atomic E-state index is 12.6. The van der Waals surface area contributed by atoms with E-state index in [4.69, 9.17) is 0 Å². The molecule has 2 heterocycles. The molecule has 34 heavy (non-hydrogen) atoms. The van der Waals surface area contributed by atoms with Crippen molar-refractivity contribution in [2.24, 2.45) is 0 Å². The zero-order chi connectivity index (χ0) is 24.2. The number of rotatable bonds is 7. The van der Waals surface area contributed by atoms with Crippen LogP contribution in [0.5, 0.6) is 0 Å². The van der Waals surface area contributed by atoms with Crippen LogP contribution in [0, 0.1) is 34.6 Å². The molecule has 1 amide bonds. The molecule has 0 unspecified atom stereocenters. The lowest BCUT2D eigenvalue weighted by molar-refractivity contribution is -0.113. The Bertz CT molecular complexity index is 1310. The van der Waals surface area contributed by atoms with Gasteiger partial charge in [-0.2, -0.15) is 0 Å². The van der Waals surface area contributed by atoms with Crippen molar-refractivity contribution in [3.05, 3.63) is 76.9 Å². The lowest BCUT2D eigenvalue weighted by atomic mass is 10.1. The summed E-state index contributed by atoms with van der Waals surface area (Å²) in [7, 11) is 0. The molecule has 0 radical (unpaired) electrons. The Kier molecular flexibility index (Phi) is 7.33. The summed E-state index contributed by atoms with van der Waals surface area (Å²) in [5, 5.41) is 12.9. The van der Waals surface area contributed by atoms with Crippen LogP contribution in [0.4, 0.5) is 5.69 Å². The third-order valence-corrected chi connectivity index (χ3v) is 6.84. The first-order valence-corrected chi connectivity index (χ1v) is 12.6. The van der Waals surface area contributed by atoms with Gasteiger partial charge in [0, 0.05) is 22.0 Å². The standard InChI is InChI=1S/C25H26N6OS2/c1-15-6-7-16(2)22(12-15)31-19(5)29-30-25(31)33-14-23(32)28-20-8-10-21(11-9-20)34-24-26-17(3)13-18(4)27-24/h6-13H,14H2,1-5H3,(H,28,32). The molecule has 2 aromatic heterocycles. The number of nitrogens with one attached hydrogen (secondary N) is 1. The fraction of sp³-hybridized carbons (Fsp3) is 0.240. The van der Waals surface area contributed by atoms with E-state index in [2.05, 4.69) is 57.5 Å². The number of anilines is 1. The van der Waals surface area contributed by atoms with Crippen molar-refractivity contribution in [2.75, 3.05) is 11.1 Å². The molecule has 174 valence electrons. The van der Waals surface area contributed by atoms with Crippen LogP contribution in [0.15, 0.2) is 63.7 Å². The number of carbonyl (C=O) groups excluding carboxylic acids is 1. The Morgan fingerprint density at radius 1 is 0.912 bits per heavy atom. The highest BCUT2D eigenvalue weighted by atomic mass is 32.2. The molecule has 4 aromatic rings. The first-order valence-electron chi connectivity index (χ1n) is 10.8. The van der Waals surface area contributed by atoms with Gasteiger partial charge in [0.05, 0.1) is 11.4 Å². The van der Waals surface area contributed by atoms with Gasteiger partial charge in [0.1, 0.15) is 5.82 Å². The van der Waals surface area contributed by atoms with Gasteiger partial charge in [0.25, 0.3) is 0 Å². The minimum atomic E-state index is -0.101. The lowest BCUT2D eigenvalue weighted by Gasteiger charge is -2.12. The molecule has 2 aromatic carbocycles. The molecule has 0 fully saturated rings. The summed E-state index contributed by atoms with van der Waals surface area (Å²) in [5.41, 5.74) is 5.95. The monoisotopic (exact) mass is 490 g/mol. The number of aryl methyl sites for hydroxylation is 5. The van der Waals surface area contributed by atoms with Crippen molar-refractivity contribution < 1.29 is 4.79 Å². The number of aromatic nitrogens is 5. The molecule has 0 saturated heterocycles. The Hall–Kier alpha value is -3.17. The van der Waals surface area contributed by atoms with E-state index < -0.39 is 0 Å². The van der Waals surface area contributed by atoms with E-state index in [1.54, 1.807) is 0 Å². The zero-order valence-electron chi connectivity index (χ0n) is 19.8. The molecular weight excluding hydrogens is 464 g/mol. The Labute approximate surface area is 207 Å². The maximum Gasteiger partial charge on any atom is 0.234 e. The summed E-state index contributed by atoms with van der Waals surface area (Å²) in [6, 6.07) is 15.9. The van der Waals surface area contributed by atoms with Crippen LogP contribution >= 0.6 is 23.5 Å². The SMILES string of the molecule is Cc1ccc(C)c(-n2c(C)nnc2SCC(=O)Nc2ccc(Sc3nc(C)cc(C)n3)cc2)c1. The maximum absolute atomic E-state index is 12.6. The third kappa shape index (κ3) is 5.84. The number of hydrogen-bond acceptors (Lipinski definition) is 7. The predicted molar refractivity (Wildman–Crippen MR) is 137 cm³/mol. The van der Waals surface area contributed by atoms with Gasteiger partial charge in [-0.25, -0.2) is 9.97 Å². The number of amides is 1. The largest absolute Gasteiger partial charge is 0.325 e. The average Bonchev–Trinajstić information content (AvgIpc) is 3.15. The van der Waals surface area contributed by atoms with Gasteiger partial charge in [-0.3, -0.25) is 9.36 Å². The van der Waals surface area contributed by atoms with Crippen molar-refractivity contribution >= 4 is 35.1 Å². The molecule has 0 bridgehead atoms. The second kappa shape index (κ2) is 10.4. The number of nitrogens with zero attached hydrogens (tertiary/aromatic N) is 5. The number of hydrogen-bond donors (Lipinski definition) is 1. The van der Waals surface area contributed by atoms with E-state index >= 15 is 0 Å². The van der Waals surface area contributed by atoms with Crippen LogP contribution in [-0.2, 0) is 4.79 Å². The molecule has 0 aliphatic heterocycles. The molecule has 0 atom stereocenters. The van der Waals surface area contributed by atoms with E-state index in [1.807, 2.05) is 55.7 Å². The summed E-state index contributed by atoms with van der Waals surface area (Å²) in [6.07, 6.45) is 0. The zero-order valence-corrected chi connectivity index (χ0v) is 21.4. The van der Waals surface area contributed by atoms with E-state index in [1.165, 1.54) is 23.5 Å². The van der Waals surface area contributed by atoms with E-state index in [9.17, 15) is 4.79 Å². The Morgan fingerprint density at radius 2 is 1.62 bits per heavy atom. The third-order valence-electron chi connectivity index (χ3n) is 5.04. The van der Waals surface area contributed by atoms with Crippen LogP contribution in [-0.4, -0.2) is 36.4 Å². The predicted octanol–water partition coefficient (Wildman–Crippen LogP) is 5.48. The minimum absolute atomic E-state index is 0.101. The average molecular weight is 491 g/mol. The highest BCUT2D eigenvalue weighted by Gasteiger charge is 2.15. The Morgan fingerprint density at radius 3 is 2.32 bits per heavy atom. The Balaban J connectivity index is 1.38. The summed E-state index contributed by atoms with van der Waals surface area (Å²) in [4.78, 5) is 22.5. The van der Waals surface area contributed by atoms with E-state index in [-0.39, 0.29) is 11.7 Å². The van der Waals surface area contributed by atoms with Crippen LogP contribution in [0.3, 0.4) is 0 Å². The van der Waals surface area contributed by atoms with Gasteiger partial charge < -0.3 is 5.32 Å². The molecule has 9 heteroatoms. The fourth-order valence-electron chi connectivity index (χ4n) is 3.45. The smallest absolute Gasteiger partial charge is 0.234 e. The van der Waals surface area contributed by atoms with Crippen molar-refractivity contribution in [3.63, 3.8) is 0 Å². The van der Waals surface area contributed by atoms with Gasteiger partial charge in [-0.1, -0.05) is 23.9 Å². The minimum Gasteiger partial charge on any atom is -0.325 e. The molecule has 1 N–H and O–H groups in total. The molecule has 0 spiro atoms. The van der Waals surface area contributed by atoms with E-state index in [0.717, 1.165) is 44.6 Å². The van der Waals surface area contributed by atoms with Gasteiger partial charge >= 0.3 is 0 Å².